The fourth-order valence-electron chi connectivity index (χ4n) is 3.14. The highest BCUT2D eigenvalue weighted by Gasteiger charge is 2.14. The summed E-state index contributed by atoms with van der Waals surface area (Å²) in [7, 11) is 0. The summed E-state index contributed by atoms with van der Waals surface area (Å²) >= 11 is 6.05. The average molecular weight is 373 g/mol. The zero-order chi connectivity index (χ0) is 18.5. The average Bonchev–Trinajstić information content (AvgIpc) is 2.58. The Morgan fingerprint density at radius 1 is 1.15 bits per heavy atom. The minimum absolute atomic E-state index is 0.237. The highest BCUT2D eigenvalue weighted by Crippen LogP contribution is 2.22. The number of benzene rings is 1. The van der Waals surface area contributed by atoms with Crippen molar-refractivity contribution in [3.05, 3.63) is 40.5 Å². The van der Waals surface area contributed by atoms with Crippen LogP contribution < -0.4 is 16.4 Å². The van der Waals surface area contributed by atoms with Gasteiger partial charge in [0.15, 0.2) is 0 Å². The lowest BCUT2D eigenvalue weighted by molar-refractivity contribution is 0.462. The molecule has 0 unspecified atom stereocenters. The van der Waals surface area contributed by atoms with Gasteiger partial charge in [-0.3, -0.25) is 0 Å². The number of nitrogens with zero attached hydrogens (tertiary/aromatic N) is 3. The van der Waals surface area contributed by atoms with Gasteiger partial charge in [-0.2, -0.15) is 9.98 Å². The Morgan fingerprint density at radius 3 is 2.65 bits per heavy atom. The van der Waals surface area contributed by atoms with Crippen LogP contribution in [0.15, 0.2) is 29.3 Å². The van der Waals surface area contributed by atoms with Crippen molar-refractivity contribution in [2.45, 2.75) is 52.0 Å². The molecular formula is C19H25ClN6. The number of aliphatic imine (C=N–C) groups is 1. The van der Waals surface area contributed by atoms with Gasteiger partial charge in [0.25, 0.3) is 5.95 Å². The maximum absolute atomic E-state index is 6.05. The van der Waals surface area contributed by atoms with E-state index in [1.165, 1.54) is 32.1 Å². The first-order valence-corrected chi connectivity index (χ1v) is 9.37. The summed E-state index contributed by atoms with van der Waals surface area (Å²) in [6.07, 6.45) is 6.22. The standard InChI is InChI=1S/C19H25ClN6/c1-12-10-15(8-9-16(12)20)24-18(21)26-19-22-13(2)11-17(25-19)23-14-6-4-3-5-7-14/h8-11,14H,3-7H2,1-2H3,(H4,21,22,23,24,25,26). The van der Waals surface area contributed by atoms with E-state index >= 15 is 0 Å². The minimum atomic E-state index is 0.237. The molecule has 0 bridgehead atoms. The SMILES string of the molecule is Cc1cc(NC2CCCCC2)nc(N=C(N)Nc2ccc(Cl)c(C)c2)n1. The van der Waals surface area contributed by atoms with Gasteiger partial charge >= 0.3 is 0 Å². The van der Waals surface area contributed by atoms with Crippen LogP contribution in [0.1, 0.15) is 43.4 Å². The van der Waals surface area contributed by atoms with Crippen LogP contribution in [0, 0.1) is 13.8 Å². The third-order valence-corrected chi connectivity index (χ3v) is 4.87. The predicted molar refractivity (Wildman–Crippen MR) is 108 cm³/mol. The highest BCUT2D eigenvalue weighted by atomic mass is 35.5. The molecule has 6 nitrogen and oxygen atoms in total. The molecule has 0 amide bonds. The molecule has 0 atom stereocenters. The molecule has 1 aromatic heterocycles. The van der Waals surface area contributed by atoms with Crippen LogP contribution >= 0.6 is 11.6 Å². The molecule has 7 heteroatoms. The lowest BCUT2D eigenvalue weighted by Crippen LogP contribution is -2.23. The Kier molecular flexibility index (Phi) is 5.93. The van der Waals surface area contributed by atoms with Crippen LogP contribution in [0.4, 0.5) is 17.5 Å². The van der Waals surface area contributed by atoms with E-state index in [-0.39, 0.29) is 5.96 Å². The first-order valence-electron chi connectivity index (χ1n) is 8.99. The number of halogens is 1. The number of aryl methyl sites for hydroxylation is 2. The molecule has 2 aromatic rings. The number of aromatic nitrogens is 2. The molecule has 3 rings (SSSR count). The number of rotatable bonds is 4. The molecule has 0 spiro atoms. The van der Waals surface area contributed by atoms with E-state index in [2.05, 4.69) is 25.6 Å². The second kappa shape index (κ2) is 8.36. The second-order valence-corrected chi connectivity index (χ2v) is 7.17. The Balaban J connectivity index is 1.72. The molecule has 4 N–H and O–H groups in total. The predicted octanol–water partition coefficient (Wildman–Crippen LogP) is 4.55. The zero-order valence-corrected chi connectivity index (χ0v) is 16.0. The zero-order valence-electron chi connectivity index (χ0n) is 15.2. The molecule has 1 fully saturated rings. The van der Waals surface area contributed by atoms with Crippen molar-refractivity contribution in [3.8, 4) is 0 Å². The van der Waals surface area contributed by atoms with Crippen molar-refractivity contribution in [2.75, 3.05) is 10.6 Å². The first-order chi connectivity index (χ1) is 12.5. The molecule has 1 saturated carbocycles. The third kappa shape index (κ3) is 5.08. The van der Waals surface area contributed by atoms with Gasteiger partial charge in [0.05, 0.1) is 0 Å². The molecular weight excluding hydrogens is 348 g/mol. The van der Waals surface area contributed by atoms with Gasteiger partial charge in [0, 0.05) is 28.5 Å². The second-order valence-electron chi connectivity index (χ2n) is 6.76. The number of nitrogens with two attached hydrogens (primary N) is 1. The van der Waals surface area contributed by atoms with Crippen molar-refractivity contribution in [3.63, 3.8) is 0 Å². The minimum Gasteiger partial charge on any atom is -0.369 e. The van der Waals surface area contributed by atoms with Crippen molar-refractivity contribution < 1.29 is 0 Å². The van der Waals surface area contributed by atoms with Crippen LogP contribution in [0.5, 0.6) is 0 Å². The molecule has 1 heterocycles. The third-order valence-electron chi connectivity index (χ3n) is 4.45. The number of hydrogen-bond acceptors (Lipinski definition) is 4. The Hall–Kier alpha value is -2.34. The van der Waals surface area contributed by atoms with E-state index in [4.69, 9.17) is 17.3 Å². The summed E-state index contributed by atoms with van der Waals surface area (Å²) in [5.41, 5.74) is 8.66. The molecule has 26 heavy (non-hydrogen) atoms. The van der Waals surface area contributed by atoms with Gasteiger partial charge in [-0.1, -0.05) is 30.9 Å². The summed E-state index contributed by atoms with van der Waals surface area (Å²) in [6.45, 7) is 3.87. The monoisotopic (exact) mass is 372 g/mol. The smallest absolute Gasteiger partial charge is 0.254 e. The van der Waals surface area contributed by atoms with Gasteiger partial charge in [-0.15, -0.1) is 0 Å². The summed E-state index contributed by atoms with van der Waals surface area (Å²) in [6, 6.07) is 8.01. The highest BCUT2D eigenvalue weighted by molar-refractivity contribution is 6.31. The summed E-state index contributed by atoms with van der Waals surface area (Å²) < 4.78 is 0. The quantitative estimate of drug-likeness (QED) is 0.541. The van der Waals surface area contributed by atoms with E-state index in [1.54, 1.807) is 0 Å². The maximum Gasteiger partial charge on any atom is 0.254 e. The maximum atomic E-state index is 6.05. The summed E-state index contributed by atoms with van der Waals surface area (Å²) in [5, 5.41) is 7.26. The van der Waals surface area contributed by atoms with Crippen LogP contribution in [-0.4, -0.2) is 22.0 Å². The van der Waals surface area contributed by atoms with Gasteiger partial charge in [-0.25, -0.2) is 4.98 Å². The lowest BCUT2D eigenvalue weighted by atomic mass is 9.95. The fraction of sp³-hybridized carbons (Fsp3) is 0.421. The summed E-state index contributed by atoms with van der Waals surface area (Å²) in [4.78, 5) is 13.2. The molecule has 0 radical (unpaired) electrons. The van der Waals surface area contributed by atoms with Crippen LogP contribution in [0.25, 0.3) is 0 Å². The molecule has 1 aliphatic rings. The van der Waals surface area contributed by atoms with Gasteiger partial charge in [0.2, 0.25) is 5.96 Å². The van der Waals surface area contributed by atoms with E-state index in [0.717, 1.165) is 22.8 Å². The van der Waals surface area contributed by atoms with Crippen molar-refractivity contribution in [1.82, 2.24) is 9.97 Å². The molecule has 138 valence electrons. The van der Waals surface area contributed by atoms with E-state index < -0.39 is 0 Å². The largest absolute Gasteiger partial charge is 0.369 e. The lowest BCUT2D eigenvalue weighted by Gasteiger charge is -2.23. The van der Waals surface area contributed by atoms with E-state index in [1.807, 2.05) is 38.1 Å². The first kappa shape index (κ1) is 18.5. The normalized spacial score (nSPS) is 15.7. The van der Waals surface area contributed by atoms with Crippen molar-refractivity contribution in [1.29, 1.82) is 0 Å². The Labute approximate surface area is 159 Å². The molecule has 0 aliphatic heterocycles. The van der Waals surface area contributed by atoms with Gasteiger partial charge in [0.1, 0.15) is 5.82 Å². The number of hydrogen-bond donors (Lipinski definition) is 3. The summed E-state index contributed by atoms with van der Waals surface area (Å²) in [5.74, 6) is 1.39. The van der Waals surface area contributed by atoms with Gasteiger partial charge < -0.3 is 16.4 Å². The molecule has 1 aromatic carbocycles. The Bertz CT molecular complexity index is 799. The number of guanidine groups is 1. The number of anilines is 2. The van der Waals surface area contributed by atoms with Crippen molar-refractivity contribution >= 4 is 35.0 Å². The van der Waals surface area contributed by atoms with Crippen LogP contribution in [-0.2, 0) is 0 Å². The van der Waals surface area contributed by atoms with Crippen molar-refractivity contribution in [2.24, 2.45) is 10.7 Å². The van der Waals surface area contributed by atoms with Gasteiger partial charge in [-0.05, 0) is 50.5 Å². The van der Waals surface area contributed by atoms with E-state index in [9.17, 15) is 0 Å². The fourth-order valence-corrected chi connectivity index (χ4v) is 3.26. The van der Waals surface area contributed by atoms with E-state index in [0.29, 0.717) is 17.0 Å². The molecule has 1 aliphatic carbocycles. The van der Waals surface area contributed by atoms with Crippen LogP contribution in [0.3, 0.4) is 0 Å². The molecule has 0 saturated heterocycles. The topological polar surface area (TPSA) is 88.2 Å². The van der Waals surface area contributed by atoms with Crippen LogP contribution in [0.2, 0.25) is 5.02 Å². The number of nitrogens with one attached hydrogen (secondary N) is 2. The Morgan fingerprint density at radius 2 is 1.92 bits per heavy atom.